The van der Waals surface area contributed by atoms with Crippen molar-refractivity contribution >= 4 is 29.1 Å². The van der Waals surface area contributed by atoms with Gasteiger partial charge in [-0.15, -0.1) is 0 Å². The maximum absolute atomic E-state index is 12.3. The Hall–Kier alpha value is -0.770. The molecule has 2 rings (SSSR count). The Labute approximate surface area is 130 Å². The second kappa shape index (κ2) is 7.30. The van der Waals surface area contributed by atoms with Crippen LogP contribution in [0.15, 0.2) is 18.2 Å². The topological polar surface area (TPSA) is 32.3 Å². The van der Waals surface area contributed by atoms with Crippen molar-refractivity contribution in [1.82, 2.24) is 10.2 Å². The van der Waals surface area contributed by atoms with E-state index < -0.39 is 0 Å². The summed E-state index contributed by atoms with van der Waals surface area (Å²) in [6.07, 6.45) is 2.58. The smallest absolute Gasteiger partial charge is 0.224 e. The van der Waals surface area contributed by atoms with Gasteiger partial charge in [-0.2, -0.15) is 0 Å². The molecule has 0 radical (unpaired) electrons. The van der Waals surface area contributed by atoms with Gasteiger partial charge in [-0.3, -0.25) is 4.79 Å². The lowest BCUT2D eigenvalue weighted by Gasteiger charge is -2.25. The molecular weight excluding hydrogens is 295 g/mol. The Balaban J connectivity index is 2.06. The Morgan fingerprint density at radius 1 is 1.40 bits per heavy atom. The highest BCUT2D eigenvalue weighted by Gasteiger charge is 2.29. The van der Waals surface area contributed by atoms with E-state index in [1.54, 1.807) is 6.07 Å². The molecule has 0 spiro atoms. The summed E-state index contributed by atoms with van der Waals surface area (Å²) in [5.41, 5.74) is 1.08. The Kier molecular flexibility index (Phi) is 5.70. The van der Waals surface area contributed by atoms with Crippen LogP contribution in [0.25, 0.3) is 0 Å². The molecule has 1 fully saturated rings. The number of carbonyl (C=O) groups excluding carboxylic acids is 1. The highest BCUT2D eigenvalue weighted by molar-refractivity contribution is 6.42. The number of rotatable bonds is 5. The van der Waals surface area contributed by atoms with Crippen LogP contribution < -0.4 is 5.32 Å². The number of hydrogen-bond acceptors (Lipinski definition) is 2. The van der Waals surface area contributed by atoms with E-state index in [0.717, 1.165) is 38.0 Å². The number of likely N-dealkylation sites (tertiary alicyclic amines) is 1. The van der Waals surface area contributed by atoms with Crippen molar-refractivity contribution in [3.05, 3.63) is 33.8 Å². The first kappa shape index (κ1) is 15.6. The third-order valence-electron chi connectivity index (χ3n) is 3.67. The highest BCUT2D eigenvalue weighted by Crippen LogP contribution is 2.35. The number of amides is 1. The summed E-state index contributed by atoms with van der Waals surface area (Å²) in [6, 6.07) is 5.79. The van der Waals surface area contributed by atoms with Gasteiger partial charge in [0.25, 0.3) is 0 Å². The van der Waals surface area contributed by atoms with Gasteiger partial charge in [-0.1, -0.05) is 36.2 Å². The van der Waals surface area contributed by atoms with Crippen molar-refractivity contribution in [3.8, 4) is 0 Å². The summed E-state index contributed by atoms with van der Waals surface area (Å²) in [5, 5.41) is 4.29. The highest BCUT2D eigenvalue weighted by atomic mass is 35.5. The van der Waals surface area contributed by atoms with E-state index in [9.17, 15) is 4.79 Å². The molecule has 1 atom stereocenters. The first-order valence-electron chi connectivity index (χ1n) is 7.08. The second-order valence-electron chi connectivity index (χ2n) is 5.02. The van der Waals surface area contributed by atoms with Gasteiger partial charge in [-0.05, 0) is 37.1 Å². The number of carbonyl (C=O) groups is 1. The lowest BCUT2D eigenvalue weighted by atomic mass is 10.0. The summed E-state index contributed by atoms with van der Waals surface area (Å²) < 4.78 is 0. The van der Waals surface area contributed by atoms with Crippen molar-refractivity contribution in [1.29, 1.82) is 0 Å². The van der Waals surface area contributed by atoms with Crippen LogP contribution in [0.2, 0.25) is 10.0 Å². The van der Waals surface area contributed by atoms with Gasteiger partial charge in [0.2, 0.25) is 5.91 Å². The van der Waals surface area contributed by atoms with E-state index in [4.69, 9.17) is 23.2 Å². The zero-order chi connectivity index (χ0) is 14.5. The minimum Gasteiger partial charge on any atom is -0.336 e. The fourth-order valence-corrected chi connectivity index (χ4v) is 2.95. The first-order valence-corrected chi connectivity index (χ1v) is 7.84. The number of nitrogens with zero attached hydrogens (tertiary/aromatic N) is 1. The van der Waals surface area contributed by atoms with Crippen molar-refractivity contribution in [2.24, 2.45) is 0 Å². The third-order valence-corrected chi connectivity index (χ3v) is 4.41. The van der Waals surface area contributed by atoms with Gasteiger partial charge in [0, 0.05) is 19.5 Å². The van der Waals surface area contributed by atoms with Crippen LogP contribution in [0.3, 0.4) is 0 Å². The summed E-state index contributed by atoms with van der Waals surface area (Å²) in [5.74, 6) is 0.208. The molecule has 1 aromatic carbocycles. The molecule has 110 valence electrons. The predicted molar refractivity (Wildman–Crippen MR) is 83.3 cm³/mol. The van der Waals surface area contributed by atoms with E-state index in [-0.39, 0.29) is 11.9 Å². The molecule has 20 heavy (non-hydrogen) atoms. The van der Waals surface area contributed by atoms with Crippen LogP contribution in [-0.2, 0) is 4.79 Å². The first-order chi connectivity index (χ1) is 9.63. The lowest BCUT2D eigenvalue weighted by Crippen LogP contribution is -2.32. The van der Waals surface area contributed by atoms with Crippen LogP contribution in [0.4, 0.5) is 0 Å². The van der Waals surface area contributed by atoms with Gasteiger partial charge in [-0.25, -0.2) is 0 Å². The molecule has 1 aromatic rings. The SMILES string of the molecule is CCNCCC(=O)N1CCCC1c1ccc(Cl)c(Cl)c1. The average molecular weight is 315 g/mol. The van der Waals surface area contributed by atoms with Crippen molar-refractivity contribution < 1.29 is 4.79 Å². The molecule has 1 saturated heterocycles. The minimum absolute atomic E-state index is 0.138. The van der Waals surface area contributed by atoms with Gasteiger partial charge in [0.05, 0.1) is 16.1 Å². The largest absolute Gasteiger partial charge is 0.336 e. The lowest BCUT2D eigenvalue weighted by molar-refractivity contribution is -0.132. The quantitative estimate of drug-likeness (QED) is 0.841. The molecule has 1 N–H and O–H groups in total. The van der Waals surface area contributed by atoms with Gasteiger partial charge in [0.15, 0.2) is 0 Å². The molecular formula is C15H20Cl2N2O. The Bertz CT molecular complexity index is 479. The Morgan fingerprint density at radius 2 is 2.20 bits per heavy atom. The molecule has 1 aliphatic rings. The monoisotopic (exact) mass is 314 g/mol. The minimum atomic E-state index is 0.138. The summed E-state index contributed by atoms with van der Waals surface area (Å²) in [6.45, 7) is 4.50. The van der Waals surface area contributed by atoms with Crippen molar-refractivity contribution in [2.75, 3.05) is 19.6 Å². The summed E-state index contributed by atoms with van der Waals surface area (Å²) in [7, 11) is 0. The van der Waals surface area contributed by atoms with Gasteiger partial charge in [0.1, 0.15) is 0 Å². The van der Waals surface area contributed by atoms with E-state index in [1.165, 1.54) is 0 Å². The van der Waals surface area contributed by atoms with Gasteiger partial charge >= 0.3 is 0 Å². The molecule has 0 aliphatic carbocycles. The fourth-order valence-electron chi connectivity index (χ4n) is 2.65. The Morgan fingerprint density at radius 3 is 2.90 bits per heavy atom. The van der Waals surface area contributed by atoms with E-state index in [1.807, 2.05) is 24.0 Å². The summed E-state index contributed by atoms with van der Waals surface area (Å²) in [4.78, 5) is 14.3. The molecule has 1 aliphatic heterocycles. The zero-order valence-corrected chi connectivity index (χ0v) is 13.2. The van der Waals surface area contributed by atoms with Crippen LogP contribution in [0.5, 0.6) is 0 Å². The second-order valence-corrected chi connectivity index (χ2v) is 5.84. The van der Waals surface area contributed by atoms with Gasteiger partial charge < -0.3 is 10.2 Å². The predicted octanol–water partition coefficient (Wildman–Crippen LogP) is 3.66. The number of halogens is 2. The maximum atomic E-state index is 12.3. The van der Waals surface area contributed by atoms with E-state index >= 15 is 0 Å². The van der Waals surface area contributed by atoms with E-state index in [2.05, 4.69) is 5.32 Å². The normalized spacial score (nSPS) is 18.6. The third kappa shape index (κ3) is 3.66. The van der Waals surface area contributed by atoms with Crippen LogP contribution in [-0.4, -0.2) is 30.4 Å². The molecule has 1 heterocycles. The van der Waals surface area contributed by atoms with Crippen LogP contribution >= 0.6 is 23.2 Å². The number of hydrogen-bond donors (Lipinski definition) is 1. The number of nitrogens with one attached hydrogen (secondary N) is 1. The average Bonchev–Trinajstić information content (AvgIpc) is 2.91. The summed E-state index contributed by atoms with van der Waals surface area (Å²) >= 11 is 12.0. The zero-order valence-electron chi connectivity index (χ0n) is 11.7. The molecule has 5 heteroatoms. The molecule has 1 unspecified atom stereocenters. The van der Waals surface area contributed by atoms with E-state index in [0.29, 0.717) is 16.5 Å². The molecule has 0 bridgehead atoms. The molecule has 3 nitrogen and oxygen atoms in total. The van der Waals surface area contributed by atoms with Crippen LogP contribution in [0, 0.1) is 0 Å². The van der Waals surface area contributed by atoms with Crippen molar-refractivity contribution in [3.63, 3.8) is 0 Å². The van der Waals surface area contributed by atoms with Crippen molar-refractivity contribution in [2.45, 2.75) is 32.2 Å². The fraction of sp³-hybridized carbons (Fsp3) is 0.533. The van der Waals surface area contributed by atoms with Crippen LogP contribution in [0.1, 0.15) is 37.8 Å². The number of benzene rings is 1. The molecule has 0 saturated carbocycles. The standard InChI is InChI=1S/C15H20Cl2N2O/c1-2-18-8-7-15(20)19-9-3-4-14(19)11-5-6-12(16)13(17)10-11/h5-6,10,14,18H,2-4,7-9H2,1H3. The maximum Gasteiger partial charge on any atom is 0.224 e. The molecule has 1 amide bonds. The molecule has 0 aromatic heterocycles.